The number of esters is 1. The number of rotatable bonds is 3. The summed E-state index contributed by atoms with van der Waals surface area (Å²) in [6.07, 6.45) is 7.44. The summed E-state index contributed by atoms with van der Waals surface area (Å²) in [5.74, 6) is 1.94. The highest BCUT2D eigenvalue weighted by molar-refractivity contribution is 6.34. The highest BCUT2D eigenvalue weighted by Crippen LogP contribution is 2.57. The topological polar surface area (TPSA) is 47.9 Å². The Balaban J connectivity index is 1.32. The molecular formula is C21H24ClNO3. The summed E-state index contributed by atoms with van der Waals surface area (Å²) in [6.45, 7) is 1.78. The van der Waals surface area contributed by atoms with E-state index in [0.29, 0.717) is 17.2 Å². The summed E-state index contributed by atoms with van der Waals surface area (Å²) in [5, 5.41) is 4.79. The lowest BCUT2D eigenvalue weighted by molar-refractivity contribution is -0.205. The lowest BCUT2D eigenvalue weighted by atomic mass is 9.54. The Morgan fingerprint density at radius 3 is 2.38 bits per heavy atom. The second kappa shape index (κ2) is 5.72. The van der Waals surface area contributed by atoms with Crippen molar-refractivity contribution >= 4 is 23.3 Å². The molecule has 1 aromatic carbocycles. The van der Waals surface area contributed by atoms with Crippen LogP contribution in [-0.2, 0) is 14.4 Å². The first-order valence-electron chi connectivity index (χ1n) is 9.68. The molecular weight excluding hydrogens is 350 g/mol. The maximum atomic E-state index is 13.1. The molecule has 0 N–H and O–H groups in total. The molecule has 1 atom stereocenters. The zero-order valence-corrected chi connectivity index (χ0v) is 15.8. The number of hydrogen-bond donors (Lipinski definition) is 0. The van der Waals surface area contributed by atoms with Crippen molar-refractivity contribution in [2.24, 2.45) is 22.9 Å². The molecule has 26 heavy (non-hydrogen) atoms. The van der Waals surface area contributed by atoms with Crippen molar-refractivity contribution in [3.05, 3.63) is 34.9 Å². The molecule has 5 aliphatic rings. The molecule has 5 heteroatoms. The van der Waals surface area contributed by atoms with E-state index in [1.165, 1.54) is 19.3 Å². The first kappa shape index (κ1) is 16.6. The Kier molecular flexibility index (Phi) is 3.66. The van der Waals surface area contributed by atoms with E-state index in [1.807, 2.05) is 24.3 Å². The Bertz CT molecular complexity index is 754. The van der Waals surface area contributed by atoms with Crippen molar-refractivity contribution in [3.8, 4) is 0 Å². The predicted octanol–water partition coefficient (Wildman–Crippen LogP) is 4.74. The molecule has 138 valence electrons. The molecule has 6 rings (SSSR count). The minimum Gasteiger partial charge on any atom is -0.456 e. The average molecular weight is 374 g/mol. The first-order chi connectivity index (χ1) is 12.4. The van der Waals surface area contributed by atoms with E-state index in [0.717, 1.165) is 42.6 Å². The third-order valence-corrected chi connectivity index (χ3v) is 7.10. The molecule has 1 aromatic rings. The SMILES string of the molecule is CC1(C(=O)OC23CC4CC(CC(C4)C2)C3)CC(c2ccccc2Cl)=NO1. The average Bonchev–Trinajstić information content (AvgIpc) is 2.97. The van der Waals surface area contributed by atoms with Crippen LogP contribution in [0.2, 0.25) is 5.02 Å². The van der Waals surface area contributed by atoms with Crippen LogP contribution < -0.4 is 0 Å². The van der Waals surface area contributed by atoms with Gasteiger partial charge in [0, 0.05) is 17.0 Å². The van der Waals surface area contributed by atoms with Crippen molar-refractivity contribution in [2.45, 2.75) is 63.1 Å². The minimum absolute atomic E-state index is 0.259. The van der Waals surface area contributed by atoms with Crippen LogP contribution in [0.5, 0.6) is 0 Å². The molecule has 4 aliphatic carbocycles. The van der Waals surface area contributed by atoms with Gasteiger partial charge in [-0.15, -0.1) is 0 Å². The Morgan fingerprint density at radius 2 is 1.77 bits per heavy atom. The van der Waals surface area contributed by atoms with Crippen molar-refractivity contribution in [1.82, 2.24) is 0 Å². The van der Waals surface area contributed by atoms with E-state index in [1.54, 1.807) is 6.92 Å². The molecule has 0 aromatic heterocycles. The van der Waals surface area contributed by atoms with Crippen molar-refractivity contribution in [3.63, 3.8) is 0 Å². The summed E-state index contributed by atoms with van der Waals surface area (Å²) in [4.78, 5) is 18.7. The van der Waals surface area contributed by atoms with E-state index in [4.69, 9.17) is 21.2 Å². The molecule has 4 saturated carbocycles. The number of benzene rings is 1. The molecule has 4 nitrogen and oxygen atoms in total. The van der Waals surface area contributed by atoms with Crippen molar-refractivity contribution in [1.29, 1.82) is 0 Å². The Hall–Kier alpha value is -1.55. The number of carbonyl (C=O) groups is 1. The Morgan fingerprint density at radius 1 is 1.15 bits per heavy atom. The van der Waals surface area contributed by atoms with Gasteiger partial charge in [0.25, 0.3) is 0 Å². The van der Waals surface area contributed by atoms with E-state index in [2.05, 4.69) is 5.16 Å². The molecule has 1 aliphatic heterocycles. The van der Waals surface area contributed by atoms with Crippen LogP contribution in [0.1, 0.15) is 57.4 Å². The lowest BCUT2D eigenvalue weighted by Crippen LogP contribution is -2.55. The van der Waals surface area contributed by atoms with Crippen LogP contribution >= 0.6 is 11.6 Å². The zero-order valence-electron chi connectivity index (χ0n) is 15.0. The fraction of sp³-hybridized carbons (Fsp3) is 0.619. The summed E-state index contributed by atoms with van der Waals surface area (Å²) in [6, 6.07) is 7.51. The van der Waals surface area contributed by atoms with Crippen LogP contribution in [-0.4, -0.2) is 22.9 Å². The number of ether oxygens (including phenoxy) is 1. The normalized spacial score (nSPS) is 40.2. The van der Waals surface area contributed by atoms with E-state index in [9.17, 15) is 4.79 Å². The minimum atomic E-state index is -1.06. The van der Waals surface area contributed by atoms with Gasteiger partial charge < -0.3 is 9.57 Å². The van der Waals surface area contributed by atoms with Gasteiger partial charge in [0.2, 0.25) is 5.60 Å². The summed E-state index contributed by atoms with van der Waals surface area (Å²) >= 11 is 6.27. The van der Waals surface area contributed by atoms with Gasteiger partial charge in [-0.2, -0.15) is 0 Å². The number of hydrogen-bond acceptors (Lipinski definition) is 4. The van der Waals surface area contributed by atoms with Crippen molar-refractivity contribution < 1.29 is 14.4 Å². The van der Waals surface area contributed by atoms with Crippen LogP contribution in [0.15, 0.2) is 29.4 Å². The monoisotopic (exact) mass is 373 g/mol. The van der Waals surface area contributed by atoms with Crippen LogP contribution in [0.25, 0.3) is 0 Å². The fourth-order valence-corrected chi connectivity index (χ4v) is 6.19. The molecule has 1 unspecified atom stereocenters. The van der Waals surface area contributed by atoms with Gasteiger partial charge in [0.15, 0.2) is 0 Å². The number of carbonyl (C=O) groups excluding carboxylic acids is 1. The molecule has 4 fully saturated rings. The number of halogens is 1. The summed E-state index contributed by atoms with van der Waals surface area (Å²) < 4.78 is 6.18. The highest BCUT2D eigenvalue weighted by Gasteiger charge is 2.55. The lowest BCUT2D eigenvalue weighted by Gasteiger charge is -2.56. The smallest absolute Gasteiger partial charge is 0.354 e. The van der Waals surface area contributed by atoms with Crippen molar-refractivity contribution in [2.75, 3.05) is 0 Å². The highest BCUT2D eigenvalue weighted by atomic mass is 35.5. The summed E-state index contributed by atoms with van der Waals surface area (Å²) in [7, 11) is 0. The van der Waals surface area contributed by atoms with Crippen LogP contribution in [0, 0.1) is 17.8 Å². The third-order valence-electron chi connectivity index (χ3n) is 6.77. The molecule has 0 spiro atoms. The zero-order chi connectivity index (χ0) is 17.9. The molecule has 1 heterocycles. The van der Waals surface area contributed by atoms with E-state index >= 15 is 0 Å². The maximum absolute atomic E-state index is 13.1. The van der Waals surface area contributed by atoms with Gasteiger partial charge in [-0.25, -0.2) is 4.79 Å². The number of nitrogens with zero attached hydrogens (tertiary/aromatic N) is 1. The van der Waals surface area contributed by atoms with Gasteiger partial charge in [-0.05, 0) is 69.3 Å². The van der Waals surface area contributed by atoms with Crippen LogP contribution in [0.4, 0.5) is 0 Å². The second-order valence-corrected chi connectivity index (χ2v) is 9.41. The van der Waals surface area contributed by atoms with Gasteiger partial charge in [-0.3, -0.25) is 0 Å². The largest absolute Gasteiger partial charge is 0.456 e. The van der Waals surface area contributed by atoms with Gasteiger partial charge in [0.1, 0.15) is 5.60 Å². The molecule has 0 radical (unpaired) electrons. The van der Waals surface area contributed by atoms with Crippen LogP contribution in [0.3, 0.4) is 0 Å². The molecule has 4 bridgehead atoms. The maximum Gasteiger partial charge on any atom is 0.354 e. The summed E-state index contributed by atoms with van der Waals surface area (Å²) in [5.41, 5.74) is 0.212. The standard InChI is InChI=1S/C21H24ClNO3/c1-20(12-18(23-26-20)16-4-2-3-5-17(16)22)19(24)25-21-9-13-6-14(10-21)8-15(7-13)11-21/h2-5,13-15H,6-12H2,1H3. The van der Waals surface area contributed by atoms with Gasteiger partial charge in [-0.1, -0.05) is 35.0 Å². The number of oxime groups is 1. The van der Waals surface area contributed by atoms with Gasteiger partial charge in [0.05, 0.1) is 5.71 Å². The first-order valence-corrected chi connectivity index (χ1v) is 10.1. The quantitative estimate of drug-likeness (QED) is 0.719. The molecule has 0 amide bonds. The third kappa shape index (κ3) is 2.65. The molecule has 0 saturated heterocycles. The predicted molar refractivity (Wildman–Crippen MR) is 99.1 cm³/mol. The Labute approximate surface area is 158 Å². The van der Waals surface area contributed by atoms with E-state index < -0.39 is 5.60 Å². The van der Waals surface area contributed by atoms with E-state index in [-0.39, 0.29) is 11.6 Å². The fourth-order valence-electron chi connectivity index (χ4n) is 5.95. The second-order valence-electron chi connectivity index (χ2n) is 9.01. The van der Waals surface area contributed by atoms with Gasteiger partial charge >= 0.3 is 5.97 Å².